The number of rotatable bonds is 1. The standard InChI is InChI=1S/C25H18N4O/c1-15-7-10-18(11-8-15)28-23-20(14-17-13-16(2)9-12-21(17)26-23)24-27-22-6-4-3-5-19(22)25(30)29(24)28/h3-14H,1-2H3. The first-order valence-corrected chi connectivity index (χ1v) is 9.91. The van der Waals surface area contributed by atoms with E-state index in [0.29, 0.717) is 16.6 Å². The lowest BCUT2D eigenvalue weighted by atomic mass is 10.1. The van der Waals surface area contributed by atoms with Crippen LogP contribution < -0.4 is 5.56 Å². The summed E-state index contributed by atoms with van der Waals surface area (Å²) in [7, 11) is 0. The molecule has 3 aromatic carbocycles. The molecule has 0 unspecified atom stereocenters. The average molecular weight is 390 g/mol. The molecule has 0 atom stereocenters. The summed E-state index contributed by atoms with van der Waals surface area (Å²) in [4.78, 5) is 23.4. The third-order valence-electron chi connectivity index (χ3n) is 5.62. The van der Waals surface area contributed by atoms with Crippen LogP contribution in [0.5, 0.6) is 0 Å². The molecule has 0 aliphatic heterocycles. The lowest BCUT2D eigenvalue weighted by Gasteiger charge is -2.08. The first-order valence-electron chi connectivity index (χ1n) is 9.91. The Labute approximate surface area is 171 Å². The van der Waals surface area contributed by atoms with Crippen molar-refractivity contribution in [1.82, 2.24) is 19.2 Å². The highest BCUT2D eigenvalue weighted by Crippen LogP contribution is 2.27. The predicted octanol–water partition coefficient (Wildman–Crippen LogP) is 4.96. The van der Waals surface area contributed by atoms with Gasteiger partial charge in [0.1, 0.15) is 0 Å². The fraction of sp³-hybridized carbons (Fsp3) is 0.0800. The van der Waals surface area contributed by atoms with E-state index in [1.165, 1.54) is 5.56 Å². The summed E-state index contributed by atoms with van der Waals surface area (Å²) in [5.74, 6) is 0. The average Bonchev–Trinajstić information content (AvgIpc) is 3.06. The molecular weight excluding hydrogens is 372 g/mol. The minimum atomic E-state index is -0.102. The number of hydrogen-bond donors (Lipinski definition) is 0. The second-order valence-electron chi connectivity index (χ2n) is 7.77. The molecule has 0 saturated carbocycles. The summed E-state index contributed by atoms with van der Waals surface area (Å²) in [6.45, 7) is 4.11. The lowest BCUT2D eigenvalue weighted by Crippen LogP contribution is -2.21. The Bertz CT molecular complexity index is 1670. The van der Waals surface area contributed by atoms with E-state index in [-0.39, 0.29) is 5.56 Å². The smallest absolute Gasteiger partial charge is 0.267 e. The Morgan fingerprint density at radius 2 is 1.43 bits per heavy atom. The lowest BCUT2D eigenvalue weighted by molar-refractivity contribution is 0.787. The molecule has 5 heteroatoms. The van der Waals surface area contributed by atoms with Gasteiger partial charge in [-0.05, 0) is 56.3 Å². The summed E-state index contributed by atoms with van der Waals surface area (Å²) in [5, 5.41) is 2.48. The molecule has 3 aromatic heterocycles. The largest absolute Gasteiger partial charge is 0.281 e. The van der Waals surface area contributed by atoms with Gasteiger partial charge < -0.3 is 0 Å². The van der Waals surface area contributed by atoms with Gasteiger partial charge >= 0.3 is 0 Å². The summed E-state index contributed by atoms with van der Waals surface area (Å²) < 4.78 is 3.53. The predicted molar refractivity (Wildman–Crippen MR) is 121 cm³/mol. The van der Waals surface area contributed by atoms with E-state index in [9.17, 15) is 4.79 Å². The van der Waals surface area contributed by atoms with Crippen LogP contribution in [0.1, 0.15) is 11.1 Å². The zero-order chi connectivity index (χ0) is 20.4. The molecule has 0 radical (unpaired) electrons. The van der Waals surface area contributed by atoms with E-state index >= 15 is 0 Å². The Morgan fingerprint density at radius 3 is 2.27 bits per heavy atom. The topological polar surface area (TPSA) is 52.2 Å². The molecule has 0 aliphatic carbocycles. The van der Waals surface area contributed by atoms with Crippen molar-refractivity contribution in [1.29, 1.82) is 0 Å². The molecule has 0 saturated heterocycles. The number of hydrogen-bond acceptors (Lipinski definition) is 3. The number of nitrogens with zero attached hydrogens (tertiary/aromatic N) is 4. The molecule has 0 aliphatic rings. The number of aryl methyl sites for hydroxylation is 2. The summed E-state index contributed by atoms with van der Waals surface area (Å²) in [6, 6.07) is 23.8. The van der Waals surface area contributed by atoms with Gasteiger partial charge in [-0.3, -0.25) is 4.79 Å². The van der Waals surface area contributed by atoms with Crippen LogP contribution >= 0.6 is 0 Å². The van der Waals surface area contributed by atoms with Crippen LogP contribution in [-0.2, 0) is 0 Å². The van der Waals surface area contributed by atoms with Gasteiger partial charge in [0.15, 0.2) is 11.3 Å². The number of aromatic nitrogens is 4. The maximum atomic E-state index is 13.5. The molecule has 6 rings (SSSR count). The molecule has 144 valence electrons. The van der Waals surface area contributed by atoms with E-state index in [1.54, 1.807) is 4.52 Å². The van der Waals surface area contributed by atoms with Crippen LogP contribution in [0.25, 0.3) is 44.2 Å². The van der Waals surface area contributed by atoms with Crippen LogP contribution in [0.3, 0.4) is 0 Å². The molecule has 6 aromatic rings. The van der Waals surface area contributed by atoms with E-state index in [0.717, 1.165) is 33.2 Å². The van der Waals surface area contributed by atoms with E-state index < -0.39 is 0 Å². The molecule has 0 fully saturated rings. The zero-order valence-corrected chi connectivity index (χ0v) is 16.6. The van der Waals surface area contributed by atoms with Crippen molar-refractivity contribution in [2.75, 3.05) is 0 Å². The zero-order valence-electron chi connectivity index (χ0n) is 16.6. The minimum absolute atomic E-state index is 0.102. The van der Waals surface area contributed by atoms with Crippen LogP contribution in [0.15, 0.2) is 77.6 Å². The molecule has 0 N–H and O–H groups in total. The highest BCUT2D eigenvalue weighted by Gasteiger charge is 2.19. The van der Waals surface area contributed by atoms with Gasteiger partial charge in [-0.15, -0.1) is 0 Å². The highest BCUT2D eigenvalue weighted by atomic mass is 16.1. The van der Waals surface area contributed by atoms with Crippen LogP contribution in [0.4, 0.5) is 0 Å². The number of fused-ring (bicyclic) bond motifs is 5. The van der Waals surface area contributed by atoms with Gasteiger partial charge in [-0.1, -0.05) is 41.5 Å². The fourth-order valence-corrected chi connectivity index (χ4v) is 4.11. The van der Waals surface area contributed by atoms with Crippen molar-refractivity contribution in [3.05, 3.63) is 94.3 Å². The van der Waals surface area contributed by atoms with Gasteiger partial charge in [0.2, 0.25) is 0 Å². The second kappa shape index (κ2) is 6.00. The van der Waals surface area contributed by atoms with Crippen molar-refractivity contribution in [3.63, 3.8) is 0 Å². The normalized spacial score (nSPS) is 11.8. The maximum Gasteiger partial charge on any atom is 0.281 e. The summed E-state index contributed by atoms with van der Waals surface area (Å²) >= 11 is 0. The van der Waals surface area contributed by atoms with Crippen molar-refractivity contribution >= 4 is 38.5 Å². The Balaban J connectivity index is 1.89. The number of benzene rings is 3. The van der Waals surface area contributed by atoms with Crippen molar-refractivity contribution < 1.29 is 0 Å². The molecule has 5 nitrogen and oxygen atoms in total. The Morgan fingerprint density at radius 1 is 0.700 bits per heavy atom. The highest BCUT2D eigenvalue weighted by molar-refractivity contribution is 6.00. The van der Waals surface area contributed by atoms with Crippen LogP contribution in [-0.4, -0.2) is 19.2 Å². The van der Waals surface area contributed by atoms with Crippen molar-refractivity contribution in [3.8, 4) is 5.69 Å². The minimum Gasteiger partial charge on any atom is -0.267 e. The molecule has 0 spiro atoms. The van der Waals surface area contributed by atoms with Crippen molar-refractivity contribution in [2.45, 2.75) is 13.8 Å². The summed E-state index contributed by atoms with van der Waals surface area (Å²) in [6.07, 6.45) is 0. The quantitative estimate of drug-likeness (QED) is 0.399. The third kappa shape index (κ3) is 2.32. The third-order valence-corrected chi connectivity index (χ3v) is 5.62. The second-order valence-corrected chi connectivity index (χ2v) is 7.77. The monoisotopic (exact) mass is 390 g/mol. The molecule has 0 amide bonds. The number of pyridine rings is 1. The Kier molecular flexibility index (Phi) is 3.39. The molecule has 30 heavy (non-hydrogen) atoms. The van der Waals surface area contributed by atoms with Gasteiger partial charge in [0.25, 0.3) is 5.56 Å². The summed E-state index contributed by atoms with van der Waals surface area (Å²) in [5.41, 5.74) is 6.01. The van der Waals surface area contributed by atoms with Gasteiger partial charge in [-0.25, -0.2) is 14.6 Å². The van der Waals surface area contributed by atoms with E-state index in [2.05, 4.69) is 25.1 Å². The number of para-hydroxylation sites is 1. The van der Waals surface area contributed by atoms with Gasteiger partial charge in [0.05, 0.1) is 27.5 Å². The van der Waals surface area contributed by atoms with E-state index in [4.69, 9.17) is 9.97 Å². The molecule has 0 bridgehead atoms. The van der Waals surface area contributed by atoms with Gasteiger partial charge in [0, 0.05) is 5.39 Å². The van der Waals surface area contributed by atoms with Crippen LogP contribution in [0, 0.1) is 13.8 Å². The van der Waals surface area contributed by atoms with Crippen LogP contribution in [0.2, 0.25) is 0 Å². The fourth-order valence-electron chi connectivity index (χ4n) is 4.11. The van der Waals surface area contributed by atoms with Gasteiger partial charge in [-0.2, -0.15) is 4.52 Å². The van der Waals surface area contributed by atoms with E-state index in [1.807, 2.05) is 66.2 Å². The molecule has 3 heterocycles. The first kappa shape index (κ1) is 16.9. The maximum absolute atomic E-state index is 13.5. The molecular formula is C25H18N4O. The first-order chi connectivity index (χ1) is 14.6. The Hall–Kier alpha value is -3.99. The SMILES string of the molecule is Cc1ccc(-n2c3nc4ccc(C)cc4cc3c3nc4ccccc4c(=O)n32)cc1. The van der Waals surface area contributed by atoms with Crippen molar-refractivity contribution in [2.24, 2.45) is 0 Å².